The van der Waals surface area contributed by atoms with Gasteiger partial charge in [-0.3, -0.25) is 9.69 Å². The summed E-state index contributed by atoms with van der Waals surface area (Å²) in [4.78, 5) is 40.6. The molecule has 1 aromatic carbocycles. The van der Waals surface area contributed by atoms with E-state index in [0.29, 0.717) is 36.7 Å². The summed E-state index contributed by atoms with van der Waals surface area (Å²) < 4.78 is 10.6. The van der Waals surface area contributed by atoms with E-state index in [1.54, 1.807) is 17.0 Å². The summed E-state index contributed by atoms with van der Waals surface area (Å²) in [6.07, 6.45) is 0. The molecule has 3 amide bonds. The van der Waals surface area contributed by atoms with Crippen LogP contribution >= 0.6 is 0 Å². The van der Waals surface area contributed by atoms with Crippen LogP contribution in [-0.2, 0) is 14.3 Å². The molecule has 28 heavy (non-hydrogen) atoms. The molecule has 0 aromatic heterocycles. The van der Waals surface area contributed by atoms with Crippen molar-refractivity contribution in [2.75, 3.05) is 32.8 Å². The molecule has 2 aliphatic heterocycles. The van der Waals surface area contributed by atoms with E-state index in [1.807, 2.05) is 32.9 Å². The minimum absolute atomic E-state index is 0.0132. The third-order valence-corrected chi connectivity index (χ3v) is 4.93. The van der Waals surface area contributed by atoms with Gasteiger partial charge >= 0.3 is 12.0 Å². The Labute approximate surface area is 164 Å². The number of cyclic esters (lactones) is 1. The number of urea groups is 1. The van der Waals surface area contributed by atoms with Crippen LogP contribution in [0.25, 0.3) is 0 Å². The Kier molecular flexibility index (Phi) is 5.87. The number of nitrogens with zero attached hydrogens (tertiary/aromatic N) is 2. The van der Waals surface area contributed by atoms with Gasteiger partial charge in [-0.2, -0.15) is 0 Å². The average molecular weight is 387 g/mol. The molecule has 1 atom stereocenters. The Balaban J connectivity index is 1.90. The maximum absolute atomic E-state index is 12.7. The van der Waals surface area contributed by atoms with Crippen LogP contribution in [0.5, 0.6) is 5.75 Å². The van der Waals surface area contributed by atoms with Gasteiger partial charge in [0.05, 0.1) is 23.9 Å². The minimum atomic E-state index is -0.618. The Bertz CT molecular complexity index is 799. The lowest BCUT2D eigenvalue weighted by atomic mass is 9.95. The molecular weight excluding hydrogens is 362 g/mol. The number of esters is 1. The third-order valence-electron chi connectivity index (χ3n) is 4.93. The third kappa shape index (κ3) is 3.67. The highest BCUT2D eigenvalue weighted by atomic mass is 16.5. The van der Waals surface area contributed by atoms with Crippen molar-refractivity contribution in [3.63, 3.8) is 0 Å². The zero-order chi connectivity index (χ0) is 20.3. The molecule has 8 nitrogen and oxygen atoms in total. The fourth-order valence-corrected chi connectivity index (χ4v) is 3.46. The molecule has 0 radical (unpaired) electrons. The molecule has 8 heteroatoms. The smallest absolute Gasteiger partial charge is 0.338 e. The molecule has 0 unspecified atom stereocenters. The maximum atomic E-state index is 12.7. The van der Waals surface area contributed by atoms with Gasteiger partial charge in [-0.15, -0.1) is 0 Å². The number of hydrogen-bond acceptors (Lipinski definition) is 5. The van der Waals surface area contributed by atoms with Crippen LogP contribution in [0.1, 0.15) is 32.4 Å². The first-order chi connectivity index (χ1) is 13.5. The average Bonchev–Trinajstić information content (AvgIpc) is 3.07. The molecule has 1 N–H and O–H groups in total. The molecule has 150 valence electrons. The molecule has 0 aliphatic carbocycles. The van der Waals surface area contributed by atoms with Gasteiger partial charge in [0.25, 0.3) is 0 Å². The summed E-state index contributed by atoms with van der Waals surface area (Å²) in [5.74, 6) is 0.0584. The van der Waals surface area contributed by atoms with Crippen molar-refractivity contribution in [1.29, 1.82) is 0 Å². The van der Waals surface area contributed by atoms with Gasteiger partial charge in [0.2, 0.25) is 5.91 Å². The molecular formula is C20H25N3O5. The lowest BCUT2D eigenvalue weighted by molar-refractivity contribution is -0.136. The summed E-state index contributed by atoms with van der Waals surface area (Å²) >= 11 is 0. The Hall–Kier alpha value is -3.03. The molecule has 2 heterocycles. The number of nitrogens with one attached hydrogen (secondary N) is 1. The van der Waals surface area contributed by atoms with Crippen molar-refractivity contribution >= 4 is 17.9 Å². The maximum Gasteiger partial charge on any atom is 0.338 e. The molecule has 2 aliphatic rings. The predicted molar refractivity (Wildman–Crippen MR) is 102 cm³/mol. The fraction of sp³-hybridized carbons (Fsp3) is 0.450. The van der Waals surface area contributed by atoms with E-state index in [0.717, 1.165) is 5.56 Å². The number of hydrogen-bond donors (Lipinski definition) is 1. The number of ether oxygens (including phenoxy) is 2. The summed E-state index contributed by atoms with van der Waals surface area (Å²) in [7, 11) is 0. The molecule has 0 saturated carbocycles. The van der Waals surface area contributed by atoms with Crippen LogP contribution in [0.2, 0.25) is 0 Å². The quantitative estimate of drug-likeness (QED) is 0.721. The van der Waals surface area contributed by atoms with Gasteiger partial charge in [0, 0.05) is 13.1 Å². The van der Waals surface area contributed by atoms with Crippen molar-refractivity contribution in [2.45, 2.75) is 26.8 Å². The number of carbonyl (C=O) groups excluding carboxylic acids is 3. The Morgan fingerprint density at radius 2 is 1.89 bits per heavy atom. The molecule has 0 saturated heterocycles. The van der Waals surface area contributed by atoms with E-state index in [2.05, 4.69) is 5.32 Å². The van der Waals surface area contributed by atoms with Crippen molar-refractivity contribution in [3.05, 3.63) is 41.1 Å². The van der Waals surface area contributed by atoms with Crippen LogP contribution in [0.3, 0.4) is 0 Å². The summed E-state index contributed by atoms with van der Waals surface area (Å²) in [6.45, 7) is 7.19. The Morgan fingerprint density at radius 3 is 2.50 bits per heavy atom. The van der Waals surface area contributed by atoms with Gasteiger partial charge in [0.1, 0.15) is 18.9 Å². The largest absolute Gasteiger partial charge is 0.494 e. The fourth-order valence-electron chi connectivity index (χ4n) is 3.46. The zero-order valence-electron chi connectivity index (χ0n) is 16.4. The first kappa shape index (κ1) is 19.7. The molecule has 0 spiro atoms. The topological polar surface area (TPSA) is 88.2 Å². The summed E-state index contributed by atoms with van der Waals surface area (Å²) in [5, 5.41) is 2.83. The zero-order valence-corrected chi connectivity index (χ0v) is 16.4. The van der Waals surface area contributed by atoms with E-state index >= 15 is 0 Å². The van der Waals surface area contributed by atoms with Gasteiger partial charge in [0.15, 0.2) is 0 Å². The van der Waals surface area contributed by atoms with Crippen molar-refractivity contribution in [1.82, 2.24) is 15.1 Å². The highest BCUT2D eigenvalue weighted by Gasteiger charge is 2.42. The number of likely N-dealkylation sites (N-methyl/N-ethyl adjacent to an activating group) is 1. The second-order valence-electron chi connectivity index (χ2n) is 6.47. The van der Waals surface area contributed by atoms with E-state index in [1.165, 1.54) is 4.90 Å². The molecule has 0 bridgehead atoms. The number of benzene rings is 1. The van der Waals surface area contributed by atoms with Crippen molar-refractivity contribution < 1.29 is 23.9 Å². The van der Waals surface area contributed by atoms with Crippen molar-refractivity contribution in [2.24, 2.45) is 0 Å². The molecule has 1 aromatic rings. The number of amides is 3. The summed E-state index contributed by atoms with van der Waals surface area (Å²) in [6, 6.07) is 6.17. The highest BCUT2D eigenvalue weighted by Crippen LogP contribution is 2.35. The van der Waals surface area contributed by atoms with Crippen LogP contribution < -0.4 is 10.1 Å². The van der Waals surface area contributed by atoms with Gasteiger partial charge < -0.3 is 19.7 Å². The van der Waals surface area contributed by atoms with Crippen LogP contribution in [0, 0.1) is 0 Å². The lowest BCUT2D eigenvalue weighted by Gasteiger charge is -2.33. The SMILES string of the molecule is CCOc1ccc([C@H]2NC(=O)N(CC(=O)N(CC)CC)C3=C2C(=O)OC3)cc1. The standard InChI is InChI=1S/C20H25N3O5/c1-4-22(5-2)16(24)11-23-15-12-28-19(25)17(15)18(21-20(23)26)13-7-9-14(10-8-13)27-6-3/h7-10,18H,4-6,11-12H2,1-3H3,(H,21,26)/t18-/m1/s1. The van der Waals surface area contributed by atoms with Crippen LogP contribution in [0.15, 0.2) is 35.5 Å². The van der Waals surface area contributed by atoms with E-state index in [4.69, 9.17) is 9.47 Å². The normalized spacial score (nSPS) is 18.5. The first-order valence-corrected chi connectivity index (χ1v) is 9.48. The van der Waals surface area contributed by atoms with E-state index in [-0.39, 0.29) is 19.1 Å². The highest BCUT2D eigenvalue weighted by molar-refractivity contribution is 5.98. The monoisotopic (exact) mass is 387 g/mol. The first-order valence-electron chi connectivity index (χ1n) is 9.48. The van der Waals surface area contributed by atoms with Gasteiger partial charge in [-0.05, 0) is 38.5 Å². The van der Waals surface area contributed by atoms with Gasteiger partial charge in [-0.1, -0.05) is 12.1 Å². The summed E-state index contributed by atoms with van der Waals surface area (Å²) in [5.41, 5.74) is 1.57. The number of carbonyl (C=O) groups is 3. The minimum Gasteiger partial charge on any atom is -0.494 e. The van der Waals surface area contributed by atoms with E-state index < -0.39 is 18.0 Å². The second kappa shape index (κ2) is 8.33. The van der Waals surface area contributed by atoms with Crippen LogP contribution in [-0.4, -0.2) is 60.6 Å². The molecule has 3 rings (SSSR count). The van der Waals surface area contributed by atoms with Crippen LogP contribution in [0.4, 0.5) is 4.79 Å². The molecule has 0 fully saturated rings. The predicted octanol–water partition coefficient (Wildman–Crippen LogP) is 1.83. The van der Waals surface area contributed by atoms with E-state index in [9.17, 15) is 14.4 Å². The Morgan fingerprint density at radius 1 is 1.21 bits per heavy atom. The van der Waals surface area contributed by atoms with Gasteiger partial charge in [-0.25, -0.2) is 9.59 Å². The van der Waals surface area contributed by atoms with Crippen molar-refractivity contribution in [3.8, 4) is 5.75 Å². The number of rotatable bonds is 7. The lowest BCUT2D eigenvalue weighted by Crippen LogP contribution is -2.51. The second-order valence-corrected chi connectivity index (χ2v) is 6.47.